The van der Waals surface area contributed by atoms with Crippen LogP contribution in [-0.4, -0.2) is 41.8 Å². The predicted molar refractivity (Wildman–Crippen MR) is 83.7 cm³/mol. The smallest absolute Gasteiger partial charge is 0.410 e. The molecule has 1 saturated heterocycles. The van der Waals surface area contributed by atoms with E-state index in [1.54, 1.807) is 24.4 Å². The van der Waals surface area contributed by atoms with Gasteiger partial charge in [-0.3, -0.25) is 4.98 Å². The van der Waals surface area contributed by atoms with Gasteiger partial charge in [0.15, 0.2) is 0 Å². The highest BCUT2D eigenvalue weighted by Crippen LogP contribution is 2.31. The molecule has 2 rings (SSSR count). The molecule has 0 bridgehead atoms. The lowest BCUT2D eigenvalue weighted by Gasteiger charge is -2.40. The number of hydrogen-bond donors (Lipinski definition) is 1. The minimum atomic E-state index is -0.628. The fourth-order valence-electron chi connectivity index (χ4n) is 2.60. The van der Waals surface area contributed by atoms with E-state index in [0.717, 1.165) is 18.4 Å². The molecule has 1 aromatic rings. The van der Waals surface area contributed by atoms with Crippen molar-refractivity contribution in [2.45, 2.75) is 44.8 Å². The van der Waals surface area contributed by atoms with E-state index in [9.17, 15) is 4.79 Å². The largest absolute Gasteiger partial charge is 0.495 e. The highest BCUT2D eigenvalue weighted by molar-refractivity contribution is 5.68. The normalized spacial score (nSPS) is 22.3. The van der Waals surface area contributed by atoms with Gasteiger partial charge in [-0.25, -0.2) is 4.79 Å². The molecule has 1 aliphatic heterocycles. The van der Waals surface area contributed by atoms with E-state index in [1.807, 2.05) is 26.8 Å². The maximum absolute atomic E-state index is 12.3. The first kappa shape index (κ1) is 16.5. The van der Waals surface area contributed by atoms with Crippen LogP contribution in [0.3, 0.4) is 0 Å². The van der Waals surface area contributed by atoms with Crippen LogP contribution in [-0.2, 0) is 10.3 Å². The molecule has 1 atom stereocenters. The molecule has 0 radical (unpaired) electrons. The van der Waals surface area contributed by atoms with E-state index in [1.165, 1.54) is 0 Å². The maximum Gasteiger partial charge on any atom is 0.410 e. The van der Waals surface area contributed by atoms with Crippen LogP contribution in [0, 0.1) is 0 Å². The lowest BCUT2D eigenvalue weighted by Crippen LogP contribution is -2.54. The fraction of sp³-hybridized carbons (Fsp3) is 0.625. The first-order valence-electron chi connectivity index (χ1n) is 7.50. The second-order valence-corrected chi connectivity index (χ2v) is 6.78. The van der Waals surface area contributed by atoms with Gasteiger partial charge >= 0.3 is 6.09 Å². The average Bonchev–Trinajstić information content (AvgIpc) is 2.45. The summed E-state index contributed by atoms with van der Waals surface area (Å²) in [6.07, 6.45) is 4.68. The summed E-state index contributed by atoms with van der Waals surface area (Å²) in [4.78, 5) is 18.1. The first-order chi connectivity index (χ1) is 10.2. The molecule has 22 heavy (non-hydrogen) atoms. The highest BCUT2D eigenvalue weighted by atomic mass is 16.6. The Balaban J connectivity index is 2.16. The van der Waals surface area contributed by atoms with Crippen molar-refractivity contribution >= 4 is 6.09 Å². The molecule has 0 aliphatic carbocycles. The van der Waals surface area contributed by atoms with Crippen molar-refractivity contribution in [1.29, 1.82) is 0 Å². The average molecular weight is 307 g/mol. The van der Waals surface area contributed by atoms with Crippen LogP contribution in [0.1, 0.15) is 39.2 Å². The molecular weight excluding hydrogens is 282 g/mol. The Morgan fingerprint density at radius 2 is 2.14 bits per heavy atom. The predicted octanol–water partition coefficient (Wildman–Crippen LogP) is 2.28. The van der Waals surface area contributed by atoms with Gasteiger partial charge < -0.3 is 20.1 Å². The third-order valence-corrected chi connectivity index (χ3v) is 3.70. The molecule has 1 unspecified atom stereocenters. The van der Waals surface area contributed by atoms with Crippen LogP contribution in [0.4, 0.5) is 4.79 Å². The van der Waals surface area contributed by atoms with E-state index in [-0.39, 0.29) is 6.09 Å². The Morgan fingerprint density at radius 1 is 1.41 bits per heavy atom. The summed E-state index contributed by atoms with van der Waals surface area (Å²) in [5, 5.41) is 0. The summed E-state index contributed by atoms with van der Waals surface area (Å²) in [7, 11) is 1.60. The second kappa shape index (κ2) is 6.12. The zero-order valence-electron chi connectivity index (χ0n) is 13.8. The molecule has 122 valence electrons. The van der Waals surface area contributed by atoms with Gasteiger partial charge in [-0.15, -0.1) is 0 Å². The zero-order chi connectivity index (χ0) is 16.4. The van der Waals surface area contributed by atoms with Gasteiger partial charge in [-0.05, 0) is 45.2 Å². The van der Waals surface area contributed by atoms with Gasteiger partial charge in [-0.2, -0.15) is 0 Å². The number of likely N-dealkylation sites (tertiary alicyclic amines) is 1. The second-order valence-electron chi connectivity index (χ2n) is 6.78. The van der Waals surface area contributed by atoms with Crippen molar-refractivity contribution in [3.05, 3.63) is 24.0 Å². The minimum absolute atomic E-state index is 0.321. The summed E-state index contributed by atoms with van der Waals surface area (Å²) in [5.41, 5.74) is 6.29. The minimum Gasteiger partial charge on any atom is -0.495 e. The summed E-state index contributed by atoms with van der Waals surface area (Å²) in [6.45, 7) is 6.64. The van der Waals surface area contributed by atoms with Crippen molar-refractivity contribution in [2.24, 2.45) is 5.73 Å². The van der Waals surface area contributed by atoms with Crippen LogP contribution in [0.15, 0.2) is 18.5 Å². The molecule has 2 N–H and O–H groups in total. The number of hydrogen-bond acceptors (Lipinski definition) is 5. The number of aromatic nitrogens is 1. The first-order valence-corrected chi connectivity index (χ1v) is 7.50. The molecule has 1 fully saturated rings. The molecule has 0 saturated carbocycles. The Kier molecular flexibility index (Phi) is 4.60. The van der Waals surface area contributed by atoms with Crippen molar-refractivity contribution in [1.82, 2.24) is 9.88 Å². The maximum atomic E-state index is 12.3. The number of amides is 1. The van der Waals surface area contributed by atoms with E-state index in [0.29, 0.717) is 18.8 Å². The molecule has 1 aliphatic rings. The SMILES string of the molecule is COc1cncc(C2(N)CCCN(C(=O)OC(C)(C)C)C2)c1. The number of piperidine rings is 1. The number of nitrogens with zero attached hydrogens (tertiary/aromatic N) is 2. The number of carbonyl (C=O) groups is 1. The molecule has 1 aromatic heterocycles. The van der Waals surface area contributed by atoms with Crippen LogP contribution in [0.5, 0.6) is 5.75 Å². The number of rotatable bonds is 2. The fourth-order valence-corrected chi connectivity index (χ4v) is 2.60. The van der Waals surface area contributed by atoms with Crippen LogP contribution in [0.25, 0.3) is 0 Å². The van der Waals surface area contributed by atoms with Gasteiger partial charge in [-0.1, -0.05) is 0 Å². The quantitative estimate of drug-likeness (QED) is 0.907. The summed E-state index contributed by atoms with van der Waals surface area (Å²) in [6, 6.07) is 1.88. The third kappa shape index (κ3) is 3.88. The number of carbonyl (C=O) groups excluding carboxylic acids is 1. The van der Waals surface area contributed by atoms with Gasteiger partial charge in [0.25, 0.3) is 0 Å². The van der Waals surface area contributed by atoms with Crippen LogP contribution in [0.2, 0.25) is 0 Å². The van der Waals surface area contributed by atoms with Crippen molar-refractivity contribution < 1.29 is 14.3 Å². The van der Waals surface area contributed by atoms with E-state index in [2.05, 4.69) is 4.98 Å². The zero-order valence-corrected chi connectivity index (χ0v) is 13.8. The van der Waals surface area contributed by atoms with Crippen LogP contribution >= 0.6 is 0 Å². The summed E-state index contributed by atoms with van der Waals surface area (Å²) >= 11 is 0. The number of pyridine rings is 1. The summed E-state index contributed by atoms with van der Waals surface area (Å²) < 4.78 is 10.6. The number of nitrogens with two attached hydrogens (primary N) is 1. The molecular formula is C16H25N3O3. The van der Waals surface area contributed by atoms with Crippen molar-refractivity contribution in [3.8, 4) is 5.75 Å². The number of ether oxygens (including phenoxy) is 2. The van der Waals surface area contributed by atoms with Crippen molar-refractivity contribution in [2.75, 3.05) is 20.2 Å². The third-order valence-electron chi connectivity index (χ3n) is 3.70. The van der Waals surface area contributed by atoms with E-state index < -0.39 is 11.1 Å². The van der Waals surface area contributed by atoms with E-state index >= 15 is 0 Å². The van der Waals surface area contributed by atoms with Crippen LogP contribution < -0.4 is 10.5 Å². The molecule has 6 heteroatoms. The van der Waals surface area contributed by atoms with Gasteiger partial charge in [0.05, 0.1) is 18.8 Å². The standard InChI is InChI=1S/C16H25N3O3/c1-15(2,3)22-14(20)19-7-5-6-16(17,11-19)12-8-13(21-4)10-18-9-12/h8-10H,5-7,11,17H2,1-4H3. The lowest BCUT2D eigenvalue weighted by molar-refractivity contribution is 0.0137. The van der Waals surface area contributed by atoms with Gasteiger partial charge in [0.2, 0.25) is 0 Å². The lowest BCUT2D eigenvalue weighted by atomic mass is 9.84. The molecule has 1 amide bonds. The Bertz CT molecular complexity index is 542. The molecule has 6 nitrogen and oxygen atoms in total. The highest BCUT2D eigenvalue weighted by Gasteiger charge is 2.37. The Morgan fingerprint density at radius 3 is 2.77 bits per heavy atom. The van der Waals surface area contributed by atoms with Crippen molar-refractivity contribution in [3.63, 3.8) is 0 Å². The van der Waals surface area contributed by atoms with Gasteiger partial charge in [0.1, 0.15) is 11.4 Å². The van der Waals surface area contributed by atoms with E-state index in [4.69, 9.17) is 15.2 Å². The topological polar surface area (TPSA) is 77.7 Å². The molecule has 2 heterocycles. The summed E-state index contributed by atoms with van der Waals surface area (Å²) in [5.74, 6) is 0.664. The van der Waals surface area contributed by atoms with Gasteiger partial charge in [0, 0.05) is 19.3 Å². The monoisotopic (exact) mass is 307 g/mol. The Labute approximate surface area is 131 Å². The molecule has 0 aromatic carbocycles. The number of methoxy groups -OCH3 is 1. The molecule has 0 spiro atoms. The Hall–Kier alpha value is -1.82.